The summed E-state index contributed by atoms with van der Waals surface area (Å²) in [7, 11) is 2.04. The monoisotopic (exact) mass is 512 g/mol. The average Bonchev–Trinajstić information content (AvgIpc) is 3.14. The highest BCUT2D eigenvalue weighted by atomic mass is 35.5. The van der Waals surface area contributed by atoms with Crippen LogP contribution in [0.2, 0.25) is 10.0 Å². The van der Waals surface area contributed by atoms with Gasteiger partial charge in [0.15, 0.2) is 5.78 Å². The summed E-state index contributed by atoms with van der Waals surface area (Å²) in [5.74, 6) is -0.197. The van der Waals surface area contributed by atoms with Crippen LogP contribution in [-0.4, -0.2) is 10.4 Å². The van der Waals surface area contributed by atoms with Gasteiger partial charge in [-0.15, -0.1) is 0 Å². The fourth-order valence-electron chi connectivity index (χ4n) is 5.75. The molecule has 0 spiro atoms. The number of rotatable bonds is 2. The molecule has 4 aromatic rings. The van der Waals surface area contributed by atoms with Crippen LogP contribution >= 0.6 is 23.2 Å². The smallest absolute Gasteiger partial charge is 0.161 e. The molecule has 0 amide bonds. The zero-order valence-electron chi connectivity index (χ0n) is 19.6. The summed E-state index contributed by atoms with van der Waals surface area (Å²) in [6, 6.07) is 21.9. The molecular weight excluding hydrogens is 491 g/mol. The predicted molar refractivity (Wildman–Crippen MR) is 145 cm³/mol. The molecule has 0 bridgehead atoms. The van der Waals surface area contributed by atoms with Crippen molar-refractivity contribution >= 4 is 56.5 Å². The summed E-state index contributed by atoms with van der Waals surface area (Å²) in [5.41, 5.74) is 12.2. The maximum atomic E-state index is 13.5. The Balaban J connectivity index is 1.61. The Morgan fingerprint density at radius 2 is 1.69 bits per heavy atom. The molecule has 6 rings (SSSR count). The van der Waals surface area contributed by atoms with E-state index in [1.807, 2.05) is 25.2 Å². The van der Waals surface area contributed by atoms with E-state index in [9.17, 15) is 10.1 Å². The van der Waals surface area contributed by atoms with E-state index in [-0.39, 0.29) is 5.78 Å². The van der Waals surface area contributed by atoms with Gasteiger partial charge in [-0.3, -0.25) is 9.69 Å². The van der Waals surface area contributed by atoms with Crippen LogP contribution in [-0.2, 0) is 11.8 Å². The van der Waals surface area contributed by atoms with E-state index in [1.54, 1.807) is 23.1 Å². The number of carbonyl (C=O) groups excluding carboxylic acids is 1. The number of nitrogens with two attached hydrogens (primary N) is 1. The van der Waals surface area contributed by atoms with Crippen LogP contribution in [0, 0.1) is 11.3 Å². The number of benzene rings is 3. The number of halogens is 2. The summed E-state index contributed by atoms with van der Waals surface area (Å²) in [4.78, 5) is 15.2. The Morgan fingerprint density at radius 3 is 2.44 bits per heavy atom. The molecule has 1 aromatic heterocycles. The van der Waals surface area contributed by atoms with Gasteiger partial charge in [0, 0.05) is 56.6 Å². The first-order valence-electron chi connectivity index (χ1n) is 11.8. The van der Waals surface area contributed by atoms with E-state index in [0.29, 0.717) is 52.0 Å². The number of hydrogen-bond acceptors (Lipinski definition) is 4. The van der Waals surface area contributed by atoms with Gasteiger partial charge in [0.05, 0.1) is 23.2 Å². The summed E-state index contributed by atoms with van der Waals surface area (Å²) >= 11 is 12.6. The summed E-state index contributed by atoms with van der Waals surface area (Å²) in [5, 5.41) is 13.4. The normalized spacial score (nSPS) is 18.2. The zero-order valence-corrected chi connectivity index (χ0v) is 21.1. The van der Waals surface area contributed by atoms with Crippen LogP contribution in [0.25, 0.3) is 21.8 Å². The van der Waals surface area contributed by atoms with Gasteiger partial charge in [-0.2, -0.15) is 5.26 Å². The van der Waals surface area contributed by atoms with Crippen molar-refractivity contribution in [3.8, 4) is 6.07 Å². The second-order valence-corrected chi connectivity index (χ2v) is 10.2. The average molecular weight is 513 g/mol. The number of fused-ring (bicyclic) bond motifs is 3. The van der Waals surface area contributed by atoms with Crippen molar-refractivity contribution in [2.24, 2.45) is 12.8 Å². The molecule has 1 aliphatic heterocycles. The molecule has 7 heteroatoms. The zero-order chi connectivity index (χ0) is 25.1. The lowest BCUT2D eigenvalue weighted by Gasteiger charge is -2.39. The number of aromatic nitrogens is 1. The van der Waals surface area contributed by atoms with E-state index in [0.717, 1.165) is 33.1 Å². The molecule has 178 valence electrons. The molecule has 0 fully saturated rings. The standard InChI is InChI=1S/C29H22Cl2N4O/c1-34-23-6-3-2-5-20(23)21-11-16(9-10-24(21)34)27-22(15-32)29(33)35(19-13-17(30)12-18(31)14-19)25-7-4-8-26(36)28(25)27/h2-3,5-6,9-14,27H,4,7-8,33H2,1H3. The Labute approximate surface area is 218 Å². The van der Waals surface area contributed by atoms with Gasteiger partial charge >= 0.3 is 0 Å². The lowest BCUT2D eigenvalue weighted by molar-refractivity contribution is -0.116. The topological polar surface area (TPSA) is 75.0 Å². The molecule has 5 nitrogen and oxygen atoms in total. The van der Waals surface area contributed by atoms with Crippen molar-refractivity contribution in [2.75, 3.05) is 4.90 Å². The second kappa shape index (κ2) is 8.44. The van der Waals surface area contributed by atoms with E-state index in [2.05, 4.69) is 34.9 Å². The lowest BCUT2D eigenvalue weighted by atomic mass is 9.75. The Hall–Kier alpha value is -3.72. The van der Waals surface area contributed by atoms with Crippen LogP contribution in [0.4, 0.5) is 5.69 Å². The molecule has 2 N–H and O–H groups in total. The van der Waals surface area contributed by atoms with E-state index < -0.39 is 5.92 Å². The number of nitriles is 1. The first kappa shape index (κ1) is 22.7. The van der Waals surface area contributed by atoms with Gasteiger partial charge < -0.3 is 10.3 Å². The van der Waals surface area contributed by atoms with Gasteiger partial charge in [-0.1, -0.05) is 47.5 Å². The van der Waals surface area contributed by atoms with Gasteiger partial charge in [0.2, 0.25) is 0 Å². The molecule has 2 aliphatic rings. The van der Waals surface area contributed by atoms with Crippen molar-refractivity contribution in [2.45, 2.75) is 25.2 Å². The quantitative estimate of drug-likeness (QED) is 0.315. The minimum absolute atomic E-state index is 0.0395. The number of aryl methyl sites for hydroxylation is 1. The lowest BCUT2D eigenvalue weighted by Crippen LogP contribution is -2.38. The minimum Gasteiger partial charge on any atom is -0.384 e. The molecular formula is C29H22Cl2N4O. The van der Waals surface area contributed by atoms with Gasteiger partial charge in [-0.25, -0.2) is 0 Å². The Morgan fingerprint density at radius 1 is 0.972 bits per heavy atom. The SMILES string of the molecule is Cn1c2ccccc2c2cc(C3C(C#N)=C(N)N(c4cc(Cl)cc(Cl)c4)C4=C3C(=O)CCC4)ccc21. The maximum Gasteiger partial charge on any atom is 0.161 e. The van der Waals surface area contributed by atoms with Crippen LogP contribution in [0.3, 0.4) is 0 Å². The van der Waals surface area contributed by atoms with Crippen LogP contribution in [0.5, 0.6) is 0 Å². The third-order valence-corrected chi connectivity index (χ3v) is 7.73. The second-order valence-electron chi connectivity index (χ2n) is 9.30. The number of Topliss-reactive ketones (excluding diaryl/α,β-unsaturated/α-hetero) is 1. The summed E-state index contributed by atoms with van der Waals surface area (Å²) < 4.78 is 2.16. The molecule has 1 atom stereocenters. The Kier molecular flexibility index (Phi) is 5.33. The first-order valence-corrected chi connectivity index (χ1v) is 12.5. The van der Waals surface area contributed by atoms with E-state index >= 15 is 0 Å². The molecule has 1 unspecified atom stereocenters. The van der Waals surface area contributed by atoms with Crippen LogP contribution < -0.4 is 10.6 Å². The maximum absolute atomic E-state index is 13.5. The van der Waals surface area contributed by atoms with Crippen molar-refractivity contribution in [1.82, 2.24) is 4.57 Å². The third-order valence-electron chi connectivity index (χ3n) is 7.29. The van der Waals surface area contributed by atoms with E-state index in [1.165, 1.54) is 0 Å². The van der Waals surface area contributed by atoms with Crippen LogP contribution in [0.1, 0.15) is 30.7 Å². The fraction of sp³-hybridized carbons (Fsp3) is 0.172. The molecule has 0 radical (unpaired) electrons. The minimum atomic E-state index is -0.535. The number of para-hydroxylation sites is 1. The van der Waals surface area contributed by atoms with Crippen molar-refractivity contribution in [3.05, 3.63) is 98.9 Å². The summed E-state index contributed by atoms with van der Waals surface area (Å²) in [6.07, 6.45) is 1.82. The highest BCUT2D eigenvalue weighted by molar-refractivity contribution is 6.35. The number of ketones is 1. The number of nitrogens with zero attached hydrogens (tertiary/aromatic N) is 3. The van der Waals surface area contributed by atoms with Crippen molar-refractivity contribution in [3.63, 3.8) is 0 Å². The van der Waals surface area contributed by atoms with E-state index in [4.69, 9.17) is 28.9 Å². The predicted octanol–water partition coefficient (Wildman–Crippen LogP) is 6.94. The van der Waals surface area contributed by atoms with Gasteiger partial charge in [0.1, 0.15) is 5.82 Å². The number of hydrogen-bond donors (Lipinski definition) is 1. The molecule has 3 aromatic carbocycles. The number of allylic oxidation sites excluding steroid dienone is 3. The molecule has 0 saturated carbocycles. The first-order chi connectivity index (χ1) is 17.4. The van der Waals surface area contributed by atoms with Gasteiger partial charge in [0.25, 0.3) is 0 Å². The van der Waals surface area contributed by atoms with Crippen molar-refractivity contribution in [1.29, 1.82) is 5.26 Å². The molecule has 36 heavy (non-hydrogen) atoms. The largest absolute Gasteiger partial charge is 0.384 e. The summed E-state index contributed by atoms with van der Waals surface area (Å²) in [6.45, 7) is 0. The highest BCUT2D eigenvalue weighted by Gasteiger charge is 2.40. The molecule has 2 heterocycles. The fourth-order valence-corrected chi connectivity index (χ4v) is 6.26. The number of carbonyl (C=O) groups is 1. The third kappa shape index (κ3) is 3.33. The van der Waals surface area contributed by atoms with Gasteiger partial charge in [-0.05, 0) is 54.8 Å². The highest BCUT2D eigenvalue weighted by Crippen LogP contribution is 2.47. The van der Waals surface area contributed by atoms with Crippen LogP contribution in [0.15, 0.2) is 83.3 Å². The molecule has 1 aliphatic carbocycles. The number of anilines is 1. The van der Waals surface area contributed by atoms with Crippen molar-refractivity contribution < 1.29 is 4.79 Å². The molecule has 0 saturated heterocycles. The Bertz CT molecular complexity index is 1690.